The number of benzene rings is 1. The molecule has 0 radical (unpaired) electrons. The van der Waals surface area contributed by atoms with Gasteiger partial charge in [0, 0.05) is 40.5 Å². The quantitative estimate of drug-likeness (QED) is 0.821. The Morgan fingerprint density at radius 2 is 2.00 bits per heavy atom. The van der Waals surface area contributed by atoms with Crippen LogP contribution in [0.15, 0.2) is 41.6 Å². The molecule has 2 rings (SSSR count). The van der Waals surface area contributed by atoms with E-state index < -0.39 is 0 Å². The summed E-state index contributed by atoms with van der Waals surface area (Å²) in [5, 5.41) is 4.10. The molecule has 5 heteroatoms. The third-order valence-electron chi connectivity index (χ3n) is 2.64. The highest BCUT2D eigenvalue weighted by Crippen LogP contribution is 2.23. The van der Waals surface area contributed by atoms with E-state index in [1.165, 1.54) is 0 Å². The van der Waals surface area contributed by atoms with Crippen LogP contribution < -0.4 is 5.32 Å². The minimum atomic E-state index is 0.466. The fourth-order valence-corrected chi connectivity index (χ4v) is 2.66. The molecule has 0 fully saturated rings. The molecule has 106 valence electrons. The molecule has 0 bridgehead atoms. The van der Waals surface area contributed by atoms with Gasteiger partial charge in [-0.15, -0.1) is 11.8 Å². The highest BCUT2D eigenvalue weighted by molar-refractivity contribution is 7.98. The van der Waals surface area contributed by atoms with Gasteiger partial charge in [-0.1, -0.05) is 31.5 Å². The van der Waals surface area contributed by atoms with Gasteiger partial charge in [0.05, 0.1) is 5.75 Å². The van der Waals surface area contributed by atoms with Crippen LogP contribution in [-0.4, -0.2) is 16.0 Å². The summed E-state index contributed by atoms with van der Waals surface area (Å²) in [6.45, 7) is 5.05. The summed E-state index contributed by atoms with van der Waals surface area (Å²) in [5.74, 6) is 1.58. The standard InChI is InChI=1S/C15H18ClN3S/c1-11(2)17-7-12-8-18-15(19-9-12)10-20-14-5-3-4-13(16)6-14/h3-6,8-9,11,17H,7,10H2,1-2H3. The van der Waals surface area contributed by atoms with Crippen molar-refractivity contribution in [3.8, 4) is 0 Å². The predicted molar refractivity (Wildman–Crippen MR) is 85.0 cm³/mol. The minimum Gasteiger partial charge on any atom is -0.310 e. The molecule has 3 nitrogen and oxygen atoms in total. The lowest BCUT2D eigenvalue weighted by molar-refractivity contribution is 0.586. The van der Waals surface area contributed by atoms with Crippen LogP contribution in [0.25, 0.3) is 0 Å². The zero-order valence-electron chi connectivity index (χ0n) is 11.6. The number of thioether (sulfide) groups is 1. The van der Waals surface area contributed by atoms with Gasteiger partial charge in [-0.3, -0.25) is 0 Å². The number of halogens is 1. The lowest BCUT2D eigenvalue weighted by Crippen LogP contribution is -2.22. The molecule has 1 N–H and O–H groups in total. The summed E-state index contributed by atoms with van der Waals surface area (Å²) < 4.78 is 0. The van der Waals surface area contributed by atoms with Gasteiger partial charge in [0.2, 0.25) is 0 Å². The molecule has 0 aliphatic rings. The number of aromatic nitrogens is 2. The summed E-state index contributed by atoms with van der Waals surface area (Å²) in [6.07, 6.45) is 3.77. The maximum atomic E-state index is 5.96. The molecule has 1 heterocycles. The molecule has 0 atom stereocenters. The predicted octanol–water partition coefficient (Wildman–Crippen LogP) is 3.92. The van der Waals surface area contributed by atoms with E-state index in [9.17, 15) is 0 Å². The number of hydrogen-bond donors (Lipinski definition) is 1. The van der Waals surface area contributed by atoms with Crippen molar-refractivity contribution in [2.24, 2.45) is 0 Å². The topological polar surface area (TPSA) is 37.8 Å². The second kappa shape index (κ2) is 7.62. The maximum absolute atomic E-state index is 5.96. The Balaban J connectivity index is 1.87. The van der Waals surface area contributed by atoms with Crippen LogP contribution >= 0.6 is 23.4 Å². The third-order valence-corrected chi connectivity index (χ3v) is 3.86. The molecule has 0 saturated heterocycles. The van der Waals surface area contributed by atoms with Gasteiger partial charge in [0.25, 0.3) is 0 Å². The van der Waals surface area contributed by atoms with E-state index in [4.69, 9.17) is 11.6 Å². The van der Waals surface area contributed by atoms with E-state index >= 15 is 0 Å². The average molecular weight is 308 g/mol. The fraction of sp³-hybridized carbons (Fsp3) is 0.333. The molecule has 0 saturated carbocycles. The van der Waals surface area contributed by atoms with Crippen molar-refractivity contribution >= 4 is 23.4 Å². The van der Waals surface area contributed by atoms with Gasteiger partial charge in [-0.2, -0.15) is 0 Å². The normalized spacial score (nSPS) is 11.0. The number of rotatable bonds is 6. The van der Waals surface area contributed by atoms with E-state index in [1.807, 2.05) is 36.7 Å². The Bertz CT molecular complexity index is 543. The summed E-state index contributed by atoms with van der Waals surface area (Å²) in [4.78, 5) is 9.91. The Hall–Kier alpha value is -1.10. The van der Waals surface area contributed by atoms with Crippen molar-refractivity contribution < 1.29 is 0 Å². The van der Waals surface area contributed by atoms with Crippen LogP contribution in [0.1, 0.15) is 25.2 Å². The van der Waals surface area contributed by atoms with Gasteiger partial charge >= 0.3 is 0 Å². The van der Waals surface area contributed by atoms with Gasteiger partial charge < -0.3 is 5.32 Å². The van der Waals surface area contributed by atoms with Gasteiger partial charge in [0.15, 0.2) is 0 Å². The van der Waals surface area contributed by atoms with E-state index in [0.29, 0.717) is 6.04 Å². The van der Waals surface area contributed by atoms with Crippen LogP contribution in [-0.2, 0) is 12.3 Å². The molecule has 1 aromatic heterocycles. The first kappa shape index (κ1) is 15.3. The molecule has 2 aromatic rings. The van der Waals surface area contributed by atoms with E-state index in [2.05, 4.69) is 29.1 Å². The maximum Gasteiger partial charge on any atom is 0.138 e. The van der Waals surface area contributed by atoms with E-state index in [1.54, 1.807) is 11.8 Å². The first-order valence-electron chi connectivity index (χ1n) is 6.55. The van der Waals surface area contributed by atoms with E-state index in [-0.39, 0.29) is 0 Å². The minimum absolute atomic E-state index is 0.466. The molecule has 0 unspecified atom stereocenters. The molecular formula is C15H18ClN3S. The van der Waals surface area contributed by atoms with E-state index in [0.717, 1.165) is 33.6 Å². The highest BCUT2D eigenvalue weighted by Gasteiger charge is 2.01. The SMILES string of the molecule is CC(C)NCc1cnc(CSc2cccc(Cl)c2)nc1. The van der Waals surface area contributed by atoms with Crippen molar-refractivity contribution in [2.75, 3.05) is 0 Å². The fourth-order valence-electron chi connectivity index (χ4n) is 1.57. The Kier molecular flexibility index (Phi) is 5.83. The molecular weight excluding hydrogens is 290 g/mol. The average Bonchev–Trinajstić information content (AvgIpc) is 2.44. The number of nitrogens with one attached hydrogen (secondary N) is 1. The van der Waals surface area contributed by atoms with Crippen molar-refractivity contribution in [2.45, 2.75) is 37.1 Å². The largest absolute Gasteiger partial charge is 0.310 e. The van der Waals surface area contributed by atoms with Crippen LogP contribution in [0.4, 0.5) is 0 Å². The van der Waals surface area contributed by atoms with Crippen molar-refractivity contribution in [1.29, 1.82) is 0 Å². The molecule has 0 spiro atoms. The summed E-state index contributed by atoms with van der Waals surface area (Å²) >= 11 is 7.64. The van der Waals surface area contributed by atoms with Gasteiger partial charge in [0.1, 0.15) is 5.82 Å². The van der Waals surface area contributed by atoms with Crippen LogP contribution in [0, 0.1) is 0 Å². The summed E-state index contributed by atoms with van der Waals surface area (Å²) in [5.41, 5.74) is 1.11. The third kappa shape index (κ3) is 5.12. The zero-order valence-corrected chi connectivity index (χ0v) is 13.2. The monoisotopic (exact) mass is 307 g/mol. The number of nitrogens with zero attached hydrogens (tertiary/aromatic N) is 2. The lowest BCUT2D eigenvalue weighted by atomic mass is 10.3. The van der Waals surface area contributed by atoms with Crippen molar-refractivity contribution in [3.63, 3.8) is 0 Å². The smallest absolute Gasteiger partial charge is 0.138 e. The Morgan fingerprint density at radius 1 is 1.25 bits per heavy atom. The van der Waals surface area contributed by atoms with Gasteiger partial charge in [-0.25, -0.2) is 9.97 Å². The first-order chi connectivity index (χ1) is 9.63. The van der Waals surface area contributed by atoms with Crippen LogP contribution in [0.3, 0.4) is 0 Å². The second-order valence-corrected chi connectivity index (χ2v) is 6.27. The summed E-state index contributed by atoms with van der Waals surface area (Å²) in [7, 11) is 0. The molecule has 0 amide bonds. The van der Waals surface area contributed by atoms with Crippen LogP contribution in [0.2, 0.25) is 5.02 Å². The number of hydrogen-bond acceptors (Lipinski definition) is 4. The first-order valence-corrected chi connectivity index (χ1v) is 7.91. The van der Waals surface area contributed by atoms with Crippen molar-refractivity contribution in [3.05, 3.63) is 53.1 Å². The molecule has 1 aromatic carbocycles. The zero-order chi connectivity index (χ0) is 14.4. The van der Waals surface area contributed by atoms with Gasteiger partial charge in [-0.05, 0) is 18.2 Å². The molecule has 0 aliphatic carbocycles. The highest BCUT2D eigenvalue weighted by atomic mass is 35.5. The Labute approximate surface area is 129 Å². The lowest BCUT2D eigenvalue weighted by Gasteiger charge is -2.07. The molecule has 20 heavy (non-hydrogen) atoms. The summed E-state index contributed by atoms with van der Waals surface area (Å²) in [6, 6.07) is 8.28. The Morgan fingerprint density at radius 3 is 2.65 bits per heavy atom. The van der Waals surface area contributed by atoms with Crippen molar-refractivity contribution in [1.82, 2.24) is 15.3 Å². The second-order valence-electron chi connectivity index (χ2n) is 4.79. The van der Waals surface area contributed by atoms with Crippen LogP contribution in [0.5, 0.6) is 0 Å². The molecule has 0 aliphatic heterocycles.